The molecule has 2 atom stereocenters. The van der Waals surface area contributed by atoms with Gasteiger partial charge in [-0.2, -0.15) is 0 Å². The van der Waals surface area contributed by atoms with Gasteiger partial charge in [0, 0.05) is 35.7 Å². The number of benzene rings is 1. The Kier molecular flexibility index (Phi) is 4.71. The van der Waals surface area contributed by atoms with E-state index in [4.69, 9.17) is 4.74 Å². The van der Waals surface area contributed by atoms with Gasteiger partial charge in [0.25, 0.3) is 0 Å². The number of rotatable bonds is 4. The molecular weight excluding hydrogens is 323 g/mol. The van der Waals surface area contributed by atoms with Crippen LogP contribution < -0.4 is 5.32 Å². The van der Waals surface area contributed by atoms with Crippen LogP contribution in [0.2, 0.25) is 0 Å². The van der Waals surface area contributed by atoms with Crippen LogP contribution in [-0.4, -0.2) is 43.3 Å². The number of nitrogens with zero attached hydrogens (tertiary/aromatic N) is 1. The zero-order valence-corrected chi connectivity index (χ0v) is 13.0. The van der Waals surface area contributed by atoms with Gasteiger partial charge in [-0.3, -0.25) is 4.90 Å². The minimum absolute atomic E-state index is 0.170. The smallest absolute Gasteiger partial charge is 0.128 e. The van der Waals surface area contributed by atoms with E-state index in [0.29, 0.717) is 18.2 Å². The molecule has 20 heavy (non-hydrogen) atoms. The van der Waals surface area contributed by atoms with Crippen LogP contribution in [0, 0.1) is 5.82 Å². The van der Waals surface area contributed by atoms with Crippen LogP contribution in [0.4, 0.5) is 4.39 Å². The van der Waals surface area contributed by atoms with E-state index in [2.05, 4.69) is 26.1 Å². The molecule has 2 aliphatic heterocycles. The minimum atomic E-state index is -0.170. The molecule has 0 aromatic heterocycles. The van der Waals surface area contributed by atoms with Gasteiger partial charge in [0.05, 0.1) is 12.7 Å². The average Bonchev–Trinajstić information content (AvgIpc) is 2.89. The zero-order chi connectivity index (χ0) is 13.9. The summed E-state index contributed by atoms with van der Waals surface area (Å²) in [4.78, 5) is 2.52. The highest BCUT2D eigenvalue weighted by Gasteiger charge is 2.31. The molecule has 2 heterocycles. The van der Waals surface area contributed by atoms with Crippen LogP contribution in [0.3, 0.4) is 0 Å². The monoisotopic (exact) mass is 342 g/mol. The molecule has 3 rings (SSSR count). The summed E-state index contributed by atoms with van der Waals surface area (Å²) in [5.74, 6) is -0.170. The predicted octanol–water partition coefficient (Wildman–Crippen LogP) is 2.54. The third-order valence-electron chi connectivity index (χ3n) is 4.16. The van der Waals surface area contributed by atoms with E-state index in [-0.39, 0.29) is 11.9 Å². The van der Waals surface area contributed by atoms with E-state index in [1.54, 1.807) is 0 Å². The standard InChI is InChI=1S/C15H20BrFN2O/c16-12-4-3-11(15(17)6-12)7-18-8-14-9-19-5-1-2-13(19)10-20-14/h3-4,6,13-14,18H,1-2,5,7-10H2. The third-order valence-corrected chi connectivity index (χ3v) is 4.66. The molecule has 3 nitrogen and oxygen atoms in total. The first-order chi connectivity index (χ1) is 9.72. The molecule has 2 fully saturated rings. The molecule has 1 aromatic rings. The number of fused-ring (bicyclic) bond motifs is 1. The lowest BCUT2D eigenvalue weighted by Crippen LogP contribution is -2.49. The van der Waals surface area contributed by atoms with Crippen molar-refractivity contribution in [3.63, 3.8) is 0 Å². The maximum atomic E-state index is 13.7. The van der Waals surface area contributed by atoms with Crippen molar-refractivity contribution in [2.24, 2.45) is 0 Å². The molecule has 0 bridgehead atoms. The van der Waals surface area contributed by atoms with Crippen molar-refractivity contribution in [2.75, 3.05) is 26.2 Å². The van der Waals surface area contributed by atoms with Crippen LogP contribution >= 0.6 is 15.9 Å². The van der Waals surface area contributed by atoms with Crippen molar-refractivity contribution >= 4 is 15.9 Å². The van der Waals surface area contributed by atoms with E-state index in [0.717, 1.165) is 24.2 Å². The molecule has 110 valence electrons. The van der Waals surface area contributed by atoms with Crippen LogP contribution in [0.15, 0.2) is 22.7 Å². The number of hydrogen-bond donors (Lipinski definition) is 1. The summed E-state index contributed by atoms with van der Waals surface area (Å²) in [6.45, 7) is 4.37. The summed E-state index contributed by atoms with van der Waals surface area (Å²) in [5.41, 5.74) is 0.697. The van der Waals surface area contributed by atoms with Crippen molar-refractivity contribution in [2.45, 2.75) is 31.5 Å². The number of hydrogen-bond acceptors (Lipinski definition) is 3. The lowest BCUT2D eigenvalue weighted by Gasteiger charge is -2.35. The molecule has 2 aliphatic rings. The second-order valence-electron chi connectivity index (χ2n) is 5.61. The van der Waals surface area contributed by atoms with Gasteiger partial charge in [-0.25, -0.2) is 4.39 Å². The van der Waals surface area contributed by atoms with Crippen molar-refractivity contribution in [3.8, 4) is 0 Å². The Hall–Kier alpha value is -0.490. The molecule has 0 saturated carbocycles. The molecule has 0 radical (unpaired) electrons. The Labute approximate surface area is 127 Å². The van der Waals surface area contributed by atoms with Crippen molar-refractivity contribution in [1.29, 1.82) is 0 Å². The summed E-state index contributed by atoms with van der Waals surface area (Å²) >= 11 is 3.27. The fourth-order valence-corrected chi connectivity index (χ4v) is 3.38. The van der Waals surface area contributed by atoms with Gasteiger partial charge in [-0.05, 0) is 31.5 Å². The number of halogens is 2. The first kappa shape index (κ1) is 14.4. The van der Waals surface area contributed by atoms with Gasteiger partial charge in [-0.1, -0.05) is 22.0 Å². The van der Waals surface area contributed by atoms with Crippen LogP contribution in [-0.2, 0) is 11.3 Å². The van der Waals surface area contributed by atoms with Gasteiger partial charge in [0.2, 0.25) is 0 Å². The van der Waals surface area contributed by atoms with Gasteiger partial charge in [0.1, 0.15) is 5.82 Å². The number of ether oxygens (including phenoxy) is 1. The summed E-state index contributed by atoms with van der Waals surface area (Å²) in [6, 6.07) is 5.81. The molecule has 1 aromatic carbocycles. The molecule has 1 N–H and O–H groups in total. The second kappa shape index (κ2) is 6.52. The highest BCUT2D eigenvalue weighted by Crippen LogP contribution is 2.22. The maximum absolute atomic E-state index is 13.7. The fraction of sp³-hybridized carbons (Fsp3) is 0.600. The minimum Gasteiger partial charge on any atom is -0.374 e. The topological polar surface area (TPSA) is 24.5 Å². The zero-order valence-electron chi connectivity index (χ0n) is 11.4. The summed E-state index contributed by atoms with van der Waals surface area (Å²) in [7, 11) is 0. The average molecular weight is 343 g/mol. The highest BCUT2D eigenvalue weighted by molar-refractivity contribution is 9.10. The molecule has 5 heteroatoms. The summed E-state index contributed by atoms with van der Waals surface area (Å²) in [6.07, 6.45) is 2.78. The number of nitrogens with one attached hydrogen (secondary N) is 1. The first-order valence-electron chi connectivity index (χ1n) is 7.22. The van der Waals surface area contributed by atoms with Gasteiger partial charge in [-0.15, -0.1) is 0 Å². The quantitative estimate of drug-likeness (QED) is 0.909. The first-order valence-corrected chi connectivity index (χ1v) is 8.02. The Balaban J connectivity index is 1.45. The Morgan fingerprint density at radius 2 is 2.35 bits per heavy atom. The van der Waals surface area contributed by atoms with E-state index in [9.17, 15) is 4.39 Å². The maximum Gasteiger partial charge on any atom is 0.128 e. The van der Waals surface area contributed by atoms with Gasteiger partial charge >= 0.3 is 0 Å². The summed E-state index contributed by atoms with van der Waals surface area (Å²) in [5, 5.41) is 3.30. The Morgan fingerprint density at radius 1 is 1.45 bits per heavy atom. The van der Waals surface area contributed by atoms with Crippen molar-refractivity contribution < 1.29 is 9.13 Å². The molecule has 2 unspecified atom stereocenters. The molecule has 0 aliphatic carbocycles. The predicted molar refractivity (Wildman–Crippen MR) is 80.1 cm³/mol. The SMILES string of the molecule is Fc1cc(Br)ccc1CNCC1CN2CCCC2CO1. The largest absolute Gasteiger partial charge is 0.374 e. The normalized spacial score (nSPS) is 26.7. The number of morpholine rings is 1. The van der Waals surface area contributed by atoms with Crippen molar-refractivity contribution in [1.82, 2.24) is 10.2 Å². The van der Waals surface area contributed by atoms with Crippen LogP contribution in [0.25, 0.3) is 0 Å². The molecule has 0 amide bonds. The van der Waals surface area contributed by atoms with E-state index >= 15 is 0 Å². The lowest BCUT2D eigenvalue weighted by atomic mass is 10.2. The lowest BCUT2D eigenvalue weighted by molar-refractivity contribution is -0.0470. The van der Waals surface area contributed by atoms with Crippen LogP contribution in [0.1, 0.15) is 18.4 Å². The van der Waals surface area contributed by atoms with E-state index in [1.807, 2.05) is 12.1 Å². The van der Waals surface area contributed by atoms with E-state index in [1.165, 1.54) is 25.5 Å². The molecule has 2 saturated heterocycles. The van der Waals surface area contributed by atoms with Gasteiger partial charge < -0.3 is 10.1 Å². The van der Waals surface area contributed by atoms with Crippen molar-refractivity contribution in [3.05, 3.63) is 34.1 Å². The van der Waals surface area contributed by atoms with Crippen LogP contribution in [0.5, 0.6) is 0 Å². The highest BCUT2D eigenvalue weighted by atomic mass is 79.9. The van der Waals surface area contributed by atoms with E-state index < -0.39 is 0 Å². The summed E-state index contributed by atoms with van der Waals surface area (Å²) < 4.78 is 20.3. The molecular formula is C15H20BrFN2O. The Bertz CT molecular complexity index is 471. The van der Waals surface area contributed by atoms with Gasteiger partial charge in [0.15, 0.2) is 0 Å². The third kappa shape index (κ3) is 3.39. The Morgan fingerprint density at radius 3 is 3.20 bits per heavy atom. The molecule has 0 spiro atoms. The second-order valence-corrected chi connectivity index (χ2v) is 6.53. The fourth-order valence-electron chi connectivity index (χ4n) is 3.04.